The fraction of sp³-hybridized carbons (Fsp3) is 0.556. The lowest BCUT2D eigenvalue weighted by molar-refractivity contribution is -0.155. The van der Waals surface area contributed by atoms with Gasteiger partial charge in [0, 0.05) is 12.5 Å². The smallest absolute Gasteiger partial charge is 0.249 e. The molecule has 4 aliphatic rings. The maximum atomic E-state index is 14.3. The maximum absolute atomic E-state index is 14.3. The Morgan fingerprint density at radius 2 is 1.35 bits per heavy atom. The predicted molar refractivity (Wildman–Crippen MR) is 181 cm³/mol. The van der Waals surface area contributed by atoms with Gasteiger partial charge in [-0.25, -0.2) is 0 Å². The van der Waals surface area contributed by atoms with Crippen molar-refractivity contribution in [3.8, 4) is 0 Å². The summed E-state index contributed by atoms with van der Waals surface area (Å²) in [6.07, 6.45) is 9.10. The summed E-state index contributed by atoms with van der Waals surface area (Å²) >= 11 is 1.61. The third kappa shape index (κ3) is 8.57. The van der Waals surface area contributed by atoms with Crippen molar-refractivity contribution in [1.29, 1.82) is 0 Å². The molecule has 4 aliphatic carbocycles. The number of carbonyl (C=O) groups excluding carboxylic acids is 4. The van der Waals surface area contributed by atoms with Crippen LogP contribution in [-0.4, -0.2) is 71.2 Å². The minimum absolute atomic E-state index is 0.135. The van der Waals surface area contributed by atoms with E-state index in [-0.39, 0.29) is 42.7 Å². The monoisotopic (exact) mass is 647 g/mol. The Morgan fingerprint density at radius 1 is 0.783 bits per heavy atom. The number of thioether (sulfide) groups is 1. The molecule has 2 aromatic rings. The molecule has 3 atom stereocenters. The molecule has 0 radical (unpaired) electrons. The molecule has 0 heterocycles. The second-order valence-corrected chi connectivity index (χ2v) is 14.5. The highest BCUT2D eigenvalue weighted by Crippen LogP contribution is 2.55. The molecule has 6 rings (SSSR count). The van der Waals surface area contributed by atoms with E-state index < -0.39 is 29.9 Å². The average molecular weight is 648 g/mol. The number of hydrogen-bond acceptors (Lipinski definition) is 7. The van der Waals surface area contributed by atoms with Crippen molar-refractivity contribution in [2.75, 3.05) is 18.6 Å². The van der Waals surface area contributed by atoms with E-state index in [1.807, 2.05) is 66.9 Å². The summed E-state index contributed by atoms with van der Waals surface area (Å²) in [5.74, 6) is 0.855. The first-order valence-electron chi connectivity index (χ1n) is 16.7. The highest BCUT2D eigenvalue weighted by atomic mass is 32.2. The van der Waals surface area contributed by atoms with Crippen molar-refractivity contribution in [2.24, 2.45) is 35.1 Å². The van der Waals surface area contributed by atoms with Crippen molar-refractivity contribution in [3.05, 3.63) is 71.8 Å². The van der Waals surface area contributed by atoms with Crippen LogP contribution < -0.4 is 22.1 Å². The van der Waals surface area contributed by atoms with Gasteiger partial charge >= 0.3 is 0 Å². The van der Waals surface area contributed by atoms with Crippen molar-refractivity contribution in [2.45, 2.75) is 82.0 Å². The summed E-state index contributed by atoms with van der Waals surface area (Å²) < 4.78 is 0. The van der Waals surface area contributed by atoms with Crippen LogP contribution in [0.15, 0.2) is 60.7 Å². The Morgan fingerprint density at radius 3 is 1.93 bits per heavy atom. The molecular weight excluding hydrogens is 598 g/mol. The lowest BCUT2D eigenvalue weighted by atomic mass is 9.53. The van der Waals surface area contributed by atoms with Crippen molar-refractivity contribution in [1.82, 2.24) is 15.5 Å². The van der Waals surface area contributed by atoms with Crippen molar-refractivity contribution in [3.63, 3.8) is 0 Å². The molecule has 10 heteroatoms. The molecule has 0 saturated heterocycles. The van der Waals surface area contributed by atoms with E-state index in [4.69, 9.17) is 11.5 Å². The number of nitrogens with zero attached hydrogens (tertiary/aromatic N) is 1. The van der Waals surface area contributed by atoms with Gasteiger partial charge in [-0.2, -0.15) is 11.8 Å². The van der Waals surface area contributed by atoms with Crippen molar-refractivity contribution < 1.29 is 19.2 Å². The third-order valence-corrected chi connectivity index (χ3v) is 10.9. The second kappa shape index (κ2) is 16.1. The highest BCUT2D eigenvalue weighted by Gasteiger charge is 2.53. The van der Waals surface area contributed by atoms with Gasteiger partial charge < -0.3 is 21.7 Å². The SMILES string of the molecule is CSCC[C@@H](N)C(=O)NCC(=O)N(C1C2CC3CC(C2)CC1C3)[C@@H](Cc1ccccc1)C(=O)NC(=O)C(N)CCc1ccccc1. The molecule has 46 heavy (non-hydrogen) atoms. The van der Waals surface area contributed by atoms with E-state index in [9.17, 15) is 19.2 Å². The number of carbonyl (C=O) groups is 4. The van der Waals surface area contributed by atoms with Crippen LogP contribution in [-0.2, 0) is 32.0 Å². The Labute approximate surface area is 277 Å². The minimum atomic E-state index is -0.940. The molecule has 9 nitrogen and oxygen atoms in total. The Hall–Kier alpha value is -3.21. The van der Waals surface area contributed by atoms with Gasteiger partial charge in [-0.3, -0.25) is 24.5 Å². The maximum Gasteiger partial charge on any atom is 0.249 e. The fourth-order valence-electron chi connectivity index (χ4n) is 8.21. The molecule has 0 aliphatic heterocycles. The van der Waals surface area contributed by atoms with Gasteiger partial charge in [0.15, 0.2) is 0 Å². The van der Waals surface area contributed by atoms with Crippen LogP contribution in [0.2, 0.25) is 0 Å². The summed E-state index contributed by atoms with van der Waals surface area (Å²) in [4.78, 5) is 56.3. The van der Waals surface area contributed by atoms with Crippen LogP contribution in [0.25, 0.3) is 0 Å². The summed E-state index contributed by atoms with van der Waals surface area (Å²) in [5.41, 5.74) is 14.3. The molecule has 2 aromatic carbocycles. The summed E-state index contributed by atoms with van der Waals surface area (Å²) in [5, 5.41) is 5.35. The molecule has 1 unspecified atom stereocenters. The number of amides is 4. The Bertz CT molecular complexity index is 1310. The van der Waals surface area contributed by atoms with Gasteiger partial charge in [0.2, 0.25) is 23.6 Å². The van der Waals surface area contributed by atoms with E-state index in [1.54, 1.807) is 16.7 Å². The molecule has 248 valence electrons. The number of nitrogens with two attached hydrogens (primary N) is 2. The van der Waals surface area contributed by atoms with Gasteiger partial charge in [0.25, 0.3) is 0 Å². The van der Waals surface area contributed by atoms with E-state index in [0.717, 1.165) is 42.6 Å². The molecule has 4 bridgehead atoms. The molecular formula is C36H49N5O4S. The Kier molecular flexibility index (Phi) is 11.9. The number of imide groups is 1. The topological polar surface area (TPSA) is 148 Å². The van der Waals surface area contributed by atoms with Gasteiger partial charge in [-0.05, 0) is 98.2 Å². The second-order valence-electron chi connectivity index (χ2n) is 13.5. The normalized spacial score (nSPS) is 24.9. The molecule has 4 saturated carbocycles. The van der Waals surface area contributed by atoms with E-state index >= 15 is 0 Å². The minimum Gasteiger partial charge on any atom is -0.346 e. The number of benzene rings is 2. The molecule has 4 amide bonds. The van der Waals surface area contributed by atoms with Gasteiger partial charge in [-0.1, -0.05) is 60.7 Å². The zero-order valence-electron chi connectivity index (χ0n) is 26.8. The van der Waals surface area contributed by atoms with Crippen LogP contribution >= 0.6 is 11.8 Å². The lowest BCUT2D eigenvalue weighted by Crippen LogP contribution is -2.65. The van der Waals surface area contributed by atoms with Crippen LogP contribution in [0.1, 0.15) is 56.1 Å². The molecule has 6 N–H and O–H groups in total. The number of hydrogen-bond donors (Lipinski definition) is 4. The van der Waals surface area contributed by atoms with Gasteiger partial charge in [0.1, 0.15) is 6.04 Å². The molecule has 0 aromatic heterocycles. The third-order valence-electron chi connectivity index (χ3n) is 10.3. The van der Waals surface area contributed by atoms with Crippen LogP contribution in [0.4, 0.5) is 0 Å². The largest absolute Gasteiger partial charge is 0.346 e. The first-order chi connectivity index (χ1) is 22.2. The van der Waals surface area contributed by atoms with Crippen LogP contribution in [0, 0.1) is 23.7 Å². The van der Waals surface area contributed by atoms with Crippen LogP contribution in [0.5, 0.6) is 0 Å². The standard InChI is InChI=1S/C36H49N5O4S/c1-46-15-14-30(38)34(43)39-22-32(42)41(33-27-17-25-16-26(19-27)20-28(33)18-25)31(21-24-10-6-3-7-11-24)36(45)40-35(44)29(37)13-12-23-8-4-2-5-9-23/h2-11,25-31,33H,12-22,37-38H2,1H3,(H,39,43)(H,40,44,45)/t25?,26?,27?,28?,29?,30-,31+,33?/m1/s1. The van der Waals surface area contributed by atoms with Crippen molar-refractivity contribution >= 4 is 35.4 Å². The first-order valence-corrected chi connectivity index (χ1v) is 18.1. The van der Waals surface area contributed by atoms with E-state index in [1.165, 1.54) is 6.42 Å². The summed E-state index contributed by atoms with van der Waals surface area (Å²) in [7, 11) is 0. The summed E-state index contributed by atoms with van der Waals surface area (Å²) in [6.45, 7) is -0.252. The number of aryl methyl sites for hydroxylation is 1. The quantitative estimate of drug-likeness (QED) is 0.232. The predicted octanol–water partition coefficient (Wildman–Crippen LogP) is 3.05. The summed E-state index contributed by atoms with van der Waals surface area (Å²) in [6, 6.07) is 16.7. The zero-order chi connectivity index (χ0) is 32.6. The van der Waals surface area contributed by atoms with E-state index in [2.05, 4.69) is 10.6 Å². The highest BCUT2D eigenvalue weighted by molar-refractivity contribution is 7.98. The fourth-order valence-corrected chi connectivity index (χ4v) is 8.70. The molecule has 4 fully saturated rings. The number of nitrogens with one attached hydrogen (secondary N) is 2. The van der Waals surface area contributed by atoms with Crippen LogP contribution in [0.3, 0.4) is 0 Å². The van der Waals surface area contributed by atoms with Gasteiger partial charge in [-0.15, -0.1) is 0 Å². The molecule has 0 spiro atoms. The number of rotatable bonds is 15. The first kappa shape index (κ1) is 34.1. The Balaban J connectivity index is 1.38. The zero-order valence-corrected chi connectivity index (χ0v) is 27.6. The average Bonchev–Trinajstić information content (AvgIpc) is 3.06. The lowest BCUT2D eigenvalue weighted by Gasteiger charge is -2.58. The van der Waals surface area contributed by atoms with Gasteiger partial charge in [0.05, 0.1) is 18.6 Å². The van der Waals surface area contributed by atoms with E-state index in [0.29, 0.717) is 31.1 Å².